The monoisotopic (exact) mass is 282 g/mol. The molecule has 5 heteroatoms. The van der Waals surface area contributed by atoms with Gasteiger partial charge >= 0.3 is 0 Å². The molecule has 0 aromatic carbocycles. The standard InChI is InChI=1S/C14H22N2O2S/c1-3-13(2,12(15)19)16-10(17)8-14(9-11(16)18)6-4-5-7-14/h3-9H2,1-2H3,(H2,15,19). The van der Waals surface area contributed by atoms with E-state index in [1.165, 1.54) is 4.90 Å². The number of carbonyl (C=O) groups is 2. The van der Waals surface area contributed by atoms with E-state index in [9.17, 15) is 9.59 Å². The predicted octanol–water partition coefficient (Wildman–Crippen LogP) is 2.15. The van der Waals surface area contributed by atoms with Gasteiger partial charge in [0.2, 0.25) is 11.8 Å². The first-order valence-electron chi connectivity index (χ1n) is 7.00. The van der Waals surface area contributed by atoms with Crippen LogP contribution in [0.1, 0.15) is 58.8 Å². The number of nitrogens with zero attached hydrogens (tertiary/aromatic N) is 1. The van der Waals surface area contributed by atoms with Crippen molar-refractivity contribution >= 4 is 29.0 Å². The number of carbonyl (C=O) groups excluding carboxylic acids is 2. The summed E-state index contributed by atoms with van der Waals surface area (Å²) >= 11 is 5.07. The van der Waals surface area contributed by atoms with E-state index in [1.54, 1.807) is 6.92 Å². The van der Waals surface area contributed by atoms with Gasteiger partial charge in [0.1, 0.15) is 0 Å². The average molecular weight is 282 g/mol. The Morgan fingerprint density at radius 1 is 1.32 bits per heavy atom. The number of thiocarbonyl (C=S) groups is 1. The van der Waals surface area contributed by atoms with Gasteiger partial charge in [0, 0.05) is 12.8 Å². The molecule has 1 saturated heterocycles. The molecule has 2 amide bonds. The molecule has 1 atom stereocenters. The van der Waals surface area contributed by atoms with Gasteiger partial charge in [-0.1, -0.05) is 32.0 Å². The van der Waals surface area contributed by atoms with Crippen molar-refractivity contribution in [2.24, 2.45) is 11.1 Å². The molecule has 106 valence electrons. The first-order chi connectivity index (χ1) is 8.84. The summed E-state index contributed by atoms with van der Waals surface area (Å²) in [5.74, 6) is -0.203. The Kier molecular flexibility index (Phi) is 3.69. The highest BCUT2D eigenvalue weighted by Gasteiger charge is 2.50. The summed E-state index contributed by atoms with van der Waals surface area (Å²) in [7, 11) is 0. The van der Waals surface area contributed by atoms with E-state index in [4.69, 9.17) is 18.0 Å². The van der Waals surface area contributed by atoms with Crippen molar-refractivity contribution < 1.29 is 9.59 Å². The van der Waals surface area contributed by atoms with E-state index in [0.717, 1.165) is 25.7 Å². The van der Waals surface area contributed by atoms with Gasteiger partial charge in [-0.25, -0.2) is 0 Å². The van der Waals surface area contributed by atoms with Crippen LogP contribution in [0.25, 0.3) is 0 Å². The number of piperidine rings is 1. The summed E-state index contributed by atoms with van der Waals surface area (Å²) in [5, 5.41) is 0. The molecule has 1 aliphatic heterocycles. The summed E-state index contributed by atoms with van der Waals surface area (Å²) in [4.78, 5) is 26.5. The molecule has 0 radical (unpaired) electrons. The molecule has 1 heterocycles. The zero-order valence-electron chi connectivity index (χ0n) is 11.7. The molecule has 0 bridgehead atoms. The lowest BCUT2D eigenvalue weighted by Gasteiger charge is -2.45. The Bertz CT molecular complexity index is 409. The summed E-state index contributed by atoms with van der Waals surface area (Å²) < 4.78 is 0. The first-order valence-corrected chi connectivity index (χ1v) is 7.41. The van der Waals surface area contributed by atoms with Crippen LogP contribution in [0.3, 0.4) is 0 Å². The van der Waals surface area contributed by atoms with Crippen molar-refractivity contribution in [3.8, 4) is 0 Å². The molecule has 4 nitrogen and oxygen atoms in total. The third-order valence-corrected chi connectivity index (χ3v) is 5.37. The predicted molar refractivity (Wildman–Crippen MR) is 77.5 cm³/mol. The molecule has 1 aliphatic carbocycles. The van der Waals surface area contributed by atoms with E-state index >= 15 is 0 Å². The smallest absolute Gasteiger partial charge is 0.230 e. The van der Waals surface area contributed by atoms with Crippen molar-refractivity contribution in [2.75, 3.05) is 0 Å². The Balaban J connectivity index is 2.27. The van der Waals surface area contributed by atoms with E-state index in [1.807, 2.05) is 6.92 Å². The maximum atomic E-state index is 12.5. The highest BCUT2D eigenvalue weighted by atomic mass is 32.1. The third kappa shape index (κ3) is 2.29. The maximum absolute atomic E-state index is 12.5. The zero-order chi connectivity index (χ0) is 14.3. The van der Waals surface area contributed by atoms with Crippen molar-refractivity contribution in [3.63, 3.8) is 0 Å². The molecule has 2 aliphatic rings. The summed E-state index contributed by atoms with van der Waals surface area (Å²) in [6.07, 6.45) is 5.74. The topological polar surface area (TPSA) is 63.4 Å². The normalized spacial score (nSPS) is 25.7. The number of hydrogen-bond acceptors (Lipinski definition) is 3. The van der Waals surface area contributed by atoms with E-state index < -0.39 is 5.54 Å². The molecular weight excluding hydrogens is 260 g/mol. The molecule has 0 aromatic heterocycles. The molecule has 1 saturated carbocycles. The van der Waals surface area contributed by atoms with Gasteiger partial charge in [0.05, 0.1) is 10.5 Å². The Labute approximate surface area is 119 Å². The van der Waals surface area contributed by atoms with Crippen LogP contribution in [0.5, 0.6) is 0 Å². The largest absolute Gasteiger partial charge is 0.391 e. The van der Waals surface area contributed by atoms with E-state index in [-0.39, 0.29) is 22.2 Å². The highest BCUT2D eigenvalue weighted by Crippen LogP contribution is 2.48. The van der Waals surface area contributed by atoms with Crippen LogP contribution in [-0.4, -0.2) is 27.2 Å². The second-order valence-corrected chi connectivity index (χ2v) is 6.62. The number of nitrogens with two attached hydrogens (primary N) is 1. The SMILES string of the molecule is CCC(C)(C(N)=S)N1C(=O)CC2(CCCC2)CC1=O. The van der Waals surface area contributed by atoms with Crippen molar-refractivity contribution in [1.82, 2.24) is 4.90 Å². The fraction of sp³-hybridized carbons (Fsp3) is 0.786. The minimum Gasteiger partial charge on any atom is -0.391 e. The highest BCUT2D eigenvalue weighted by molar-refractivity contribution is 7.80. The molecular formula is C14H22N2O2S. The summed E-state index contributed by atoms with van der Waals surface area (Å²) in [6.45, 7) is 3.69. The van der Waals surface area contributed by atoms with Crippen LogP contribution in [0.2, 0.25) is 0 Å². The van der Waals surface area contributed by atoms with Crippen LogP contribution < -0.4 is 5.73 Å². The zero-order valence-corrected chi connectivity index (χ0v) is 12.5. The lowest BCUT2D eigenvalue weighted by Crippen LogP contribution is -2.62. The Morgan fingerprint density at radius 2 is 1.79 bits per heavy atom. The Morgan fingerprint density at radius 3 is 2.16 bits per heavy atom. The van der Waals surface area contributed by atoms with Gasteiger partial charge in [0.25, 0.3) is 0 Å². The number of amides is 2. The number of hydrogen-bond donors (Lipinski definition) is 1. The fourth-order valence-corrected chi connectivity index (χ4v) is 3.71. The van der Waals surface area contributed by atoms with E-state index in [0.29, 0.717) is 19.3 Å². The second-order valence-electron chi connectivity index (χ2n) is 6.18. The van der Waals surface area contributed by atoms with Gasteiger partial charge < -0.3 is 5.73 Å². The molecule has 1 unspecified atom stereocenters. The average Bonchev–Trinajstić information content (AvgIpc) is 2.75. The molecule has 1 spiro atoms. The van der Waals surface area contributed by atoms with Gasteiger partial charge in [-0.05, 0) is 31.6 Å². The molecule has 2 N–H and O–H groups in total. The van der Waals surface area contributed by atoms with Crippen LogP contribution in [0.15, 0.2) is 0 Å². The van der Waals surface area contributed by atoms with E-state index in [2.05, 4.69) is 0 Å². The quantitative estimate of drug-likeness (QED) is 0.636. The molecule has 19 heavy (non-hydrogen) atoms. The van der Waals surface area contributed by atoms with Crippen LogP contribution in [0, 0.1) is 5.41 Å². The summed E-state index contributed by atoms with van der Waals surface area (Å²) in [5.41, 5.74) is 4.88. The molecule has 2 rings (SSSR count). The minimum absolute atomic E-state index is 0.0739. The van der Waals surface area contributed by atoms with Crippen LogP contribution >= 0.6 is 12.2 Å². The van der Waals surface area contributed by atoms with Gasteiger partial charge in [-0.3, -0.25) is 14.5 Å². The summed E-state index contributed by atoms with van der Waals surface area (Å²) in [6, 6.07) is 0. The number of imide groups is 1. The second kappa shape index (κ2) is 4.85. The Hall–Kier alpha value is -0.970. The molecule has 0 aromatic rings. The lowest BCUT2D eigenvalue weighted by molar-refractivity contribution is -0.158. The van der Waals surface area contributed by atoms with Crippen molar-refractivity contribution in [2.45, 2.75) is 64.3 Å². The first kappa shape index (κ1) is 14.4. The van der Waals surface area contributed by atoms with Crippen LogP contribution in [-0.2, 0) is 9.59 Å². The molecule has 2 fully saturated rings. The van der Waals surface area contributed by atoms with Gasteiger partial charge in [-0.15, -0.1) is 0 Å². The number of rotatable bonds is 3. The minimum atomic E-state index is -0.816. The number of likely N-dealkylation sites (tertiary alicyclic amines) is 1. The third-order valence-electron chi connectivity index (χ3n) is 4.93. The fourth-order valence-electron chi connectivity index (χ4n) is 3.47. The van der Waals surface area contributed by atoms with Crippen LogP contribution in [0.4, 0.5) is 0 Å². The van der Waals surface area contributed by atoms with Gasteiger partial charge in [0.15, 0.2) is 0 Å². The maximum Gasteiger partial charge on any atom is 0.230 e. The van der Waals surface area contributed by atoms with Crippen molar-refractivity contribution in [3.05, 3.63) is 0 Å². The van der Waals surface area contributed by atoms with Crippen molar-refractivity contribution in [1.29, 1.82) is 0 Å². The lowest BCUT2D eigenvalue weighted by atomic mass is 9.75. The van der Waals surface area contributed by atoms with Gasteiger partial charge in [-0.2, -0.15) is 0 Å².